The monoisotopic (exact) mass is 506 g/mol. The third kappa shape index (κ3) is 5.20. The third-order valence-corrected chi connectivity index (χ3v) is 8.17. The number of hydrogen-bond acceptors (Lipinski definition) is 8. The molecule has 5 atom stereocenters. The predicted molar refractivity (Wildman–Crippen MR) is 125 cm³/mol. The van der Waals surface area contributed by atoms with E-state index in [4.69, 9.17) is 19.3 Å². The largest absolute Gasteiger partial charge is 0.461 e. The van der Waals surface area contributed by atoms with Gasteiger partial charge in [-0.05, 0) is 37.4 Å². The van der Waals surface area contributed by atoms with Gasteiger partial charge in [0, 0.05) is 30.3 Å². The van der Waals surface area contributed by atoms with Gasteiger partial charge in [-0.1, -0.05) is 29.7 Å². The lowest BCUT2D eigenvalue weighted by molar-refractivity contribution is -0.0470. The fraction of sp³-hybridized carbons (Fsp3) is 0.524. The maximum atomic E-state index is 13.9. The van der Waals surface area contributed by atoms with Crippen LogP contribution in [0, 0.1) is 0 Å². The van der Waals surface area contributed by atoms with Gasteiger partial charge in [0.15, 0.2) is 6.23 Å². The van der Waals surface area contributed by atoms with Gasteiger partial charge >= 0.3 is 13.4 Å². The maximum Gasteiger partial charge on any atom is 0.461 e. The number of azide groups is 1. The number of piperidine rings is 1. The van der Waals surface area contributed by atoms with Crippen molar-refractivity contribution in [3.05, 3.63) is 73.9 Å². The minimum Gasteiger partial charge on any atom is -0.413 e. The highest BCUT2D eigenvalue weighted by molar-refractivity contribution is 7.51. The molecule has 0 saturated carbocycles. The van der Waals surface area contributed by atoms with Crippen molar-refractivity contribution in [3.8, 4) is 5.75 Å². The predicted octanol–water partition coefficient (Wildman–Crippen LogP) is 2.55. The zero-order valence-corrected chi connectivity index (χ0v) is 20.0. The second kappa shape index (κ2) is 10.4. The summed E-state index contributed by atoms with van der Waals surface area (Å²) in [6, 6.07) is 9.74. The fourth-order valence-electron chi connectivity index (χ4n) is 4.26. The summed E-state index contributed by atoms with van der Waals surface area (Å²) in [4.78, 5) is 28.8. The zero-order chi connectivity index (χ0) is 25.1. The number of aliphatic hydroxyl groups is 1. The molecule has 188 valence electrons. The van der Waals surface area contributed by atoms with Gasteiger partial charge in [-0.2, -0.15) is 4.67 Å². The molecule has 3 heterocycles. The van der Waals surface area contributed by atoms with Crippen molar-refractivity contribution in [2.24, 2.45) is 5.11 Å². The molecule has 0 bridgehead atoms. The Morgan fingerprint density at radius 1 is 1.26 bits per heavy atom. The van der Waals surface area contributed by atoms with Crippen molar-refractivity contribution in [2.75, 3.05) is 19.7 Å². The van der Waals surface area contributed by atoms with Gasteiger partial charge < -0.3 is 14.4 Å². The second-order valence-corrected chi connectivity index (χ2v) is 10.5. The molecule has 13 nitrogen and oxygen atoms in total. The van der Waals surface area contributed by atoms with Crippen LogP contribution in [0.2, 0.25) is 0 Å². The summed E-state index contributed by atoms with van der Waals surface area (Å²) in [6.07, 6.45) is 0.0630. The van der Waals surface area contributed by atoms with E-state index in [2.05, 4.69) is 15.0 Å². The van der Waals surface area contributed by atoms with E-state index in [9.17, 15) is 19.3 Å². The topological polar surface area (TPSA) is 172 Å². The summed E-state index contributed by atoms with van der Waals surface area (Å²) >= 11 is 0. The number of hydrogen-bond donors (Lipinski definition) is 2. The molecule has 1 aromatic carbocycles. The lowest BCUT2D eigenvalue weighted by atomic mass is 9.93. The summed E-state index contributed by atoms with van der Waals surface area (Å²) < 4.78 is 34.1. The Labute approximate surface area is 200 Å². The SMILES string of the molecule is C[C@@]1(N=[N+]=[N-])[C@H](O)[C@@H](COP(=O)(Oc2ccccc2)N2CCCCC2)O[C@H]1n1ccc(=O)[nH]c1=O. The molecular formula is C21H27N6O7P. The van der Waals surface area contributed by atoms with Crippen LogP contribution in [0.1, 0.15) is 32.4 Å². The van der Waals surface area contributed by atoms with Crippen LogP contribution in [-0.4, -0.2) is 56.8 Å². The number of nitrogens with one attached hydrogen (secondary N) is 1. The van der Waals surface area contributed by atoms with Crippen LogP contribution in [-0.2, 0) is 13.8 Å². The Bertz CT molecular complexity index is 1240. The molecular weight excluding hydrogens is 479 g/mol. The van der Waals surface area contributed by atoms with Crippen molar-refractivity contribution in [3.63, 3.8) is 0 Å². The highest BCUT2D eigenvalue weighted by Crippen LogP contribution is 2.54. The van der Waals surface area contributed by atoms with E-state index in [1.54, 1.807) is 35.0 Å². The molecule has 1 unspecified atom stereocenters. The first-order chi connectivity index (χ1) is 16.8. The molecule has 2 aliphatic rings. The molecule has 0 spiro atoms. The molecule has 2 N–H and O–H groups in total. The molecule has 2 fully saturated rings. The average molecular weight is 506 g/mol. The lowest BCUT2D eigenvalue weighted by Gasteiger charge is -2.33. The summed E-state index contributed by atoms with van der Waals surface area (Å²) in [5.74, 6) is 0.367. The minimum absolute atomic E-state index is 0.367. The van der Waals surface area contributed by atoms with Gasteiger partial charge in [-0.25, -0.2) is 9.36 Å². The molecule has 2 aliphatic heterocycles. The van der Waals surface area contributed by atoms with Crippen LogP contribution in [0.25, 0.3) is 10.4 Å². The quantitative estimate of drug-likeness (QED) is 0.238. The third-order valence-electron chi connectivity index (χ3n) is 6.16. The molecule has 4 rings (SSSR count). The van der Waals surface area contributed by atoms with Crippen LogP contribution in [0.15, 0.2) is 57.3 Å². The number of rotatable bonds is 8. The molecule has 2 aromatic rings. The standard InChI is InChI=1S/C21H27N6O7P/c1-21(24-25-22)18(29)16(33-19(21)27-13-10-17(28)23-20(27)30)14-32-35(31,26-11-6-3-7-12-26)34-15-8-4-2-5-9-15/h2,4-5,8-10,13,16,18-19,29H,3,6-7,11-12,14H2,1H3,(H,23,28,30)/t16-,18-,19-,21-,35?/m1/s1. The first kappa shape index (κ1) is 25.2. The molecule has 1 aromatic heterocycles. The zero-order valence-electron chi connectivity index (χ0n) is 19.1. The summed E-state index contributed by atoms with van der Waals surface area (Å²) in [7, 11) is -3.84. The van der Waals surface area contributed by atoms with Gasteiger partial charge in [0.05, 0.1) is 12.7 Å². The van der Waals surface area contributed by atoms with Crippen LogP contribution in [0.5, 0.6) is 5.75 Å². The summed E-state index contributed by atoms with van der Waals surface area (Å²) in [6.45, 7) is 2.09. The van der Waals surface area contributed by atoms with E-state index in [1.807, 2.05) is 0 Å². The number of aromatic nitrogens is 2. The lowest BCUT2D eigenvalue weighted by Crippen LogP contribution is -2.45. The van der Waals surface area contributed by atoms with Crippen LogP contribution in [0.3, 0.4) is 0 Å². The van der Waals surface area contributed by atoms with E-state index in [-0.39, 0.29) is 6.61 Å². The number of benzene rings is 1. The molecule has 14 heteroatoms. The Hall–Kier alpha value is -2.92. The minimum atomic E-state index is -3.84. The number of para-hydroxylation sites is 1. The van der Waals surface area contributed by atoms with Crippen LogP contribution in [0.4, 0.5) is 0 Å². The average Bonchev–Trinajstić information content (AvgIpc) is 3.09. The second-order valence-electron chi connectivity index (χ2n) is 8.59. The number of aromatic amines is 1. The van der Waals surface area contributed by atoms with E-state index in [0.29, 0.717) is 18.8 Å². The first-order valence-electron chi connectivity index (χ1n) is 11.2. The van der Waals surface area contributed by atoms with Gasteiger partial charge in [0.25, 0.3) is 5.56 Å². The van der Waals surface area contributed by atoms with E-state index < -0.39 is 43.0 Å². The van der Waals surface area contributed by atoms with Gasteiger partial charge in [0.1, 0.15) is 17.4 Å². The van der Waals surface area contributed by atoms with Gasteiger partial charge in [-0.15, -0.1) is 0 Å². The Balaban J connectivity index is 1.59. The van der Waals surface area contributed by atoms with Gasteiger partial charge in [-0.3, -0.25) is 18.9 Å². The number of ether oxygens (including phenoxy) is 1. The normalized spacial score (nSPS) is 28.7. The van der Waals surface area contributed by atoms with Crippen molar-refractivity contribution in [1.82, 2.24) is 14.2 Å². The van der Waals surface area contributed by atoms with E-state index in [0.717, 1.165) is 29.9 Å². The Morgan fingerprint density at radius 3 is 2.63 bits per heavy atom. The Morgan fingerprint density at radius 2 is 1.97 bits per heavy atom. The molecule has 0 aliphatic carbocycles. The number of aliphatic hydroxyl groups excluding tert-OH is 1. The number of nitrogens with zero attached hydrogens (tertiary/aromatic N) is 5. The smallest absolute Gasteiger partial charge is 0.413 e. The van der Waals surface area contributed by atoms with Crippen molar-refractivity contribution in [2.45, 2.75) is 50.2 Å². The summed E-state index contributed by atoms with van der Waals surface area (Å²) in [5, 5.41) is 14.7. The van der Waals surface area contributed by atoms with Crippen LogP contribution >= 0.6 is 7.75 Å². The highest BCUT2D eigenvalue weighted by atomic mass is 31.2. The van der Waals surface area contributed by atoms with E-state index >= 15 is 0 Å². The highest BCUT2D eigenvalue weighted by Gasteiger charge is 2.55. The number of H-pyrrole nitrogens is 1. The van der Waals surface area contributed by atoms with Crippen LogP contribution < -0.4 is 15.8 Å². The van der Waals surface area contributed by atoms with Crippen molar-refractivity contribution < 1.29 is 23.5 Å². The molecule has 35 heavy (non-hydrogen) atoms. The Kier molecular flexibility index (Phi) is 7.46. The molecule has 0 radical (unpaired) electrons. The van der Waals surface area contributed by atoms with Crippen molar-refractivity contribution in [1.29, 1.82) is 0 Å². The maximum absolute atomic E-state index is 13.9. The van der Waals surface area contributed by atoms with E-state index in [1.165, 1.54) is 13.1 Å². The summed E-state index contributed by atoms with van der Waals surface area (Å²) in [5.41, 5.74) is 6.07. The molecule has 0 amide bonds. The van der Waals surface area contributed by atoms with Crippen molar-refractivity contribution >= 4 is 7.75 Å². The first-order valence-corrected chi connectivity index (χ1v) is 12.7. The molecule has 2 saturated heterocycles. The fourth-order valence-corrected chi connectivity index (χ4v) is 6.09. The van der Waals surface area contributed by atoms with Gasteiger partial charge in [0.2, 0.25) is 0 Å².